The second-order valence-electron chi connectivity index (χ2n) is 21.3. The monoisotopic (exact) mass is 1020 g/mol. The molecule has 0 aromatic heterocycles. The van der Waals surface area contributed by atoms with Crippen molar-refractivity contribution in [2.75, 3.05) is 0 Å². The van der Waals surface area contributed by atoms with Gasteiger partial charge in [-0.05, 0) is 282 Å². The molecule has 0 aliphatic heterocycles. The Kier molecular flexibility index (Phi) is 12.8. The molecule has 80 heavy (non-hydrogen) atoms. The molecule has 2 N–H and O–H groups in total. The molecule has 1 aliphatic carbocycles. The molecule has 2 nitrogen and oxygen atoms in total. The molecule has 0 spiro atoms. The lowest BCUT2D eigenvalue weighted by Gasteiger charge is -2.12. The fourth-order valence-electron chi connectivity index (χ4n) is 11.4. The normalized spacial score (nSPS) is 11.5. The maximum absolute atomic E-state index is 10.6. The number of rotatable bonds is 2. The van der Waals surface area contributed by atoms with Crippen LogP contribution < -0.4 is 0 Å². The highest BCUT2D eigenvalue weighted by Crippen LogP contribution is 2.35. The summed E-state index contributed by atoms with van der Waals surface area (Å²) in [6, 6.07) is 72.8. The van der Waals surface area contributed by atoms with Crippen molar-refractivity contribution in [1.82, 2.24) is 0 Å². The number of fused-ring (bicyclic) bond motifs is 16. The van der Waals surface area contributed by atoms with E-state index in [1.165, 1.54) is 0 Å². The number of aliphatic hydroxyl groups excluding tert-OH is 2. The molecule has 0 fully saturated rings. The van der Waals surface area contributed by atoms with Crippen LogP contribution in [0.5, 0.6) is 0 Å². The van der Waals surface area contributed by atoms with Crippen molar-refractivity contribution >= 4 is 43.1 Å². The van der Waals surface area contributed by atoms with Crippen molar-refractivity contribution in [3.63, 3.8) is 0 Å². The topological polar surface area (TPSA) is 40.5 Å². The van der Waals surface area contributed by atoms with E-state index in [0.29, 0.717) is 0 Å². The first kappa shape index (κ1) is 49.4. The molecular weight excluding hydrogens is 969 g/mol. The van der Waals surface area contributed by atoms with Gasteiger partial charge < -0.3 is 10.2 Å². The van der Waals surface area contributed by atoms with E-state index in [1.807, 2.05) is 0 Å². The highest BCUT2D eigenvalue weighted by molar-refractivity contribution is 6.04. The van der Waals surface area contributed by atoms with E-state index >= 15 is 0 Å². The Labute approximate surface area is 467 Å². The Hall–Kier alpha value is -10.2. The van der Waals surface area contributed by atoms with Crippen LogP contribution in [0.1, 0.15) is 77.9 Å². The summed E-state index contributed by atoms with van der Waals surface area (Å²) in [6.45, 7) is 8.24. The lowest BCUT2D eigenvalue weighted by molar-refractivity contribution is 0.281. The van der Waals surface area contributed by atoms with Crippen molar-refractivity contribution < 1.29 is 10.2 Å². The van der Waals surface area contributed by atoms with Crippen LogP contribution >= 0.6 is 0 Å². The molecule has 0 heterocycles. The smallest absolute Gasteiger partial charge is 0.0682 e. The van der Waals surface area contributed by atoms with Gasteiger partial charge in [0, 0.05) is 44.5 Å². The van der Waals surface area contributed by atoms with Crippen LogP contribution in [0.4, 0.5) is 0 Å². The quantitative estimate of drug-likeness (QED) is 0.134. The molecule has 376 valence electrons. The number of benzene rings is 12. The van der Waals surface area contributed by atoms with Crippen molar-refractivity contribution in [3.05, 3.63) is 284 Å². The molecule has 0 saturated carbocycles. The molecule has 12 aromatic carbocycles. The summed E-state index contributed by atoms with van der Waals surface area (Å²) >= 11 is 0. The van der Waals surface area contributed by atoms with Crippen LogP contribution in [0.15, 0.2) is 206 Å². The van der Waals surface area contributed by atoms with Gasteiger partial charge in [0.1, 0.15) is 0 Å². The summed E-state index contributed by atoms with van der Waals surface area (Å²) in [5.74, 6) is 28.4. The molecule has 13 rings (SSSR count). The third-order valence-electron chi connectivity index (χ3n) is 15.1. The number of aryl methyl sites for hydroxylation is 4. The maximum Gasteiger partial charge on any atom is 0.0682 e. The van der Waals surface area contributed by atoms with Crippen LogP contribution in [-0.4, -0.2) is 10.2 Å². The molecular formula is C78H52O2. The van der Waals surface area contributed by atoms with Crippen LogP contribution in [0.25, 0.3) is 87.6 Å². The minimum absolute atomic E-state index is 0.0921. The van der Waals surface area contributed by atoms with Gasteiger partial charge in [-0.3, -0.25) is 0 Å². The van der Waals surface area contributed by atoms with Crippen LogP contribution in [0.3, 0.4) is 0 Å². The Morgan fingerprint density at radius 2 is 0.500 bits per heavy atom. The van der Waals surface area contributed by atoms with Crippen LogP contribution in [0.2, 0.25) is 0 Å². The average Bonchev–Trinajstić information content (AvgIpc) is 3.47. The van der Waals surface area contributed by atoms with E-state index in [-0.39, 0.29) is 13.2 Å². The Bertz CT molecular complexity index is 4270. The van der Waals surface area contributed by atoms with Gasteiger partial charge in [0.05, 0.1) is 13.2 Å². The van der Waals surface area contributed by atoms with E-state index in [4.69, 9.17) is 0 Å². The van der Waals surface area contributed by atoms with Crippen molar-refractivity contribution in [3.8, 4) is 91.9 Å². The molecule has 0 saturated heterocycles. The summed E-state index contributed by atoms with van der Waals surface area (Å²) in [4.78, 5) is 0. The first-order valence-corrected chi connectivity index (χ1v) is 27.0. The van der Waals surface area contributed by atoms with Crippen molar-refractivity contribution in [2.24, 2.45) is 0 Å². The van der Waals surface area contributed by atoms with Gasteiger partial charge >= 0.3 is 0 Å². The van der Waals surface area contributed by atoms with E-state index in [0.717, 1.165) is 165 Å². The lowest BCUT2D eigenvalue weighted by atomic mass is 9.93. The first-order valence-electron chi connectivity index (χ1n) is 27.0. The van der Waals surface area contributed by atoms with Gasteiger partial charge in [0.2, 0.25) is 0 Å². The van der Waals surface area contributed by atoms with E-state index in [2.05, 4.69) is 281 Å². The summed E-state index contributed by atoms with van der Waals surface area (Å²) in [6.07, 6.45) is 0. The zero-order valence-electron chi connectivity index (χ0n) is 44.9. The molecule has 0 radical (unpaired) electrons. The first-order chi connectivity index (χ1) is 39.0. The van der Waals surface area contributed by atoms with E-state index in [9.17, 15) is 10.2 Å². The minimum Gasteiger partial charge on any atom is -0.392 e. The standard InChI is InChI=1S/C78H52O2/c1-49-25-53-17-21-59-9-5-13-63-41-64-14-6-10-60(76(64)45-75(59)63)23-19-55-27-51(3)31-69(35-55)73-39-58(48-80)40-74(44-73)70-32-52(4)28-56(36-70)20-24-62-12-8-16-66-42-65-15-7-11-61(77(65)46-78(62)66)22-18-54-26-50(2)30-68(34-54)72-38-57(47-79)37-71(43-72)67(29-49)33-53/h5-16,25-46,79-80H,47-48H2,1-4H3. The van der Waals surface area contributed by atoms with Crippen LogP contribution in [-0.2, 0) is 13.2 Å². The van der Waals surface area contributed by atoms with Crippen molar-refractivity contribution in [2.45, 2.75) is 40.9 Å². The second-order valence-corrected chi connectivity index (χ2v) is 21.3. The Morgan fingerprint density at radius 3 is 0.750 bits per heavy atom. The molecule has 12 aromatic rings. The number of aliphatic hydroxyl groups is 2. The lowest BCUT2D eigenvalue weighted by Crippen LogP contribution is -1.91. The molecule has 1 aliphatic rings. The van der Waals surface area contributed by atoms with Crippen LogP contribution in [0, 0.1) is 75.1 Å². The predicted octanol–water partition coefficient (Wildman–Crippen LogP) is 17.1. The molecule has 2 heteroatoms. The summed E-state index contributed by atoms with van der Waals surface area (Å²) in [5, 5.41) is 30.0. The fraction of sp³-hybridized carbons (Fsp3) is 0.0769. The highest BCUT2D eigenvalue weighted by atomic mass is 16.3. The number of hydrogen-bond acceptors (Lipinski definition) is 2. The molecule has 0 unspecified atom stereocenters. The largest absolute Gasteiger partial charge is 0.392 e. The van der Waals surface area contributed by atoms with Crippen molar-refractivity contribution in [1.29, 1.82) is 0 Å². The minimum atomic E-state index is -0.0921. The second kappa shape index (κ2) is 20.7. The van der Waals surface area contributed by atoms with Gasteiger partial charge in [-0.1, -0.05) is 120 Å². The third kappa shape index (κ3) is 10.0. The zero-order chi connectivity index (χ0) is 54.4. The van der Waals surface area contributed by atoms with Gasteiger partial charge in [0.15, 0.2) is 0 Å². The fourth-order valence-corrected chi connectivity index (χ4v) is 11.4. The van der Waals surface area contributed by atoms with E-state index < -0.39 is 0 Å². The predicted molar refractivity (Wildman–Crippen MR) is 332 cm³/mol. The summed E-state index contributed by atoms with van der Waals surface area (Å²) in [5.41, 5.74) is 21.5. The average molecular weight is 1020 g/mol. The Balaban J connectivity index is 0.993. The van der Waals surface area contributed by atoms with E-state index in [1.54, 1.807) is 0 Å². The summed E-state index contributed by atoms with van der Waals surface area (Å²) in [7, 11) is 0. The summed E-state index contributed by atoms with van der Waals surface area (Å²) < 4.78 is 0. The SMILES string of the molecule is Cc1cc2cc(c1)-c1cc(CO)cc(c1)-c1cc(C)cc(c1)C#Cc1cccc3cc4cccc(c4cc13)C#Cc1cc(C)cc(c1)-c1cc(CO)cc(c1)-c1cc(C)cc(c1)C#Cc1cccc3cc4cccc(c4cc13)C#C2. The zero-order valence-corrected chi connectivity index (χ0v) is 44.9. The third-order valence-corrected chi connectivity index (χ3v) is 15.1. The Morgan fingerprint density at radius 1 is 0.250 bits per heavy atom. The van der Waals surface area contributed by atoms with Gasteiger partial charge in [-0.15, -0.1) is 0 Å². The molecule has 0 atom stereocenters. The van der Waals surface area contributed by atoms with Gasteiger partial charge in [0.25, 0.3) is 0 Å². The maximum atomic E-state index is 10.6. The molecule has 16 bridgehead atoms. The highest BCUT2D eigenvalue weighted by Gasteiger charge is 2.13. The van der Waals surface area contributed by atoms with Gasteiger partial charge in [-0.2, -0.15) is 0 Å². The molecule has 0 amide bonds. The van der Waals surface area contributed by atoms with Gasteiger partial charge in [-0.25, -0.2) is 0 Å². The number of hydrogen-bond donors (Lipinski definition) is 2.